The maximum atomic E-state index is 13.2. The molecule has 1 aliphatic heterocycles. The van der Waals surface area contributed by atoms with Crippen LogP contribution in [0.5, 0.6) is 0 Å². The number of rotatable bonds is 6. The van der Waals surface area contributed by atoms with Crippen LogP contribution in [0.3, 0.4) is 0 Å². The summed E-state index contributed by atoms with van der Waals surface area (Å²) in [5.74, 6) is -0.166. The Hall–Kier alpha value is -1.90. The molecular weight excluding hydrogens is 382 g/mol. The van der Waals surface area contributed by atoms with Crippen molar-refractivity contribution in [1.29, 1.82) is 0 Å². The van der Waals surface area contributed by atoms with E-state index in [1.54, 1.807) is 35.4 Å². The third kappa shape index (κ3) is 4.17. The van der Waals surface area contributed by atoms with Gasteiger partial charge in [-0.05, 0) is 42.5 Å². The SMILES string of the molecule is CN(Cc1cccs1)C(=O)c1cc(S(=O)(=O)N(C)C)ccc1N1CCCC1. The first-order valence-electron chi connectivity index (χ1n) is 8.90. The van der Waals surface area contributed by atoms with Crippen molar-refractivity contribution in [2.24, 2.45) is 0 Å². The van der Waals surface area contributed by atoms with Crippen LogP contribution in [0.15, 0.2) is 40.6 Å². The summed E-state index contributed by atoms with van der Waals surface area (Å²) >= 11 is 1.60. The van der Waals surface area contributed by atoms with Crippen molar-refractivity contribution in [1.82, 2.24) is 9.21 Å². The monoisotopic (exact) mass is 407 g/mol. The summed E-state index contributed by atoms with van der Waals surface area (Å²) in [6, 6.07) is 8.84. The highest BCUT2D eigenvalue weighted by Gasteiger charge is 2.26. The van der Waals surface area contributed by atoms with Crippen LogP contribution < -0.4 is 4.90 Å². The molecule has 0 unspecified atom stereocenters. The Morgan fingerprint density at radius 3 is 2.44 bits per heavy atom. The number of hydrogen-bond acceptors (Lipinski definition) is 5. The van der Waals surface area contributed by atoms with Gasteiger partial charge in [-0.15, -0.1) is 11.3 Å². The molecule has 0 N–H and O–H groups in total. The fourth-order valence-corrected chi connectivity index (χ4v) is 4.89. The van der Waals surface area contributed by atoms with Gasteiger partial charge >= 0.3 is 0 Å². The lowest BCUT2D eigenvalue weighted by molar-refractivity contribution is 0.0787. The molecule has 1 aliphatic rings. The molecule has 1 fully saturated rings. The van der Waals surface area contributed by atoms with Gasteiger partial charge in [-0.1, -0.05) is 6.07 Å². The van der Waals surface area contributed by atoms with Gasteiger partial charge in [-0.25, -0.2) is 12.7 Å². The largest absolute Gasteiger partial charge is 0.371 e. The molecule has 6 nitrogen and oxygen atoms in total. The highest BCUT2D eigenvalue weighted by molar-refractivity contribution is 7.89. The van der Waals surface area contributed by atoms with Crippen LogP contribution in [0.2, 0.25) is 0 Å². The second-order valence-electron chi connectivity index (χ2n) is 6.90. The second-order valence-corrected chi connectivity index (χ2v) is 10.1. The number of carbonyl (C=O) groups is 1. The molecular formula is C19H25N3O3S2. The van der Waals surface area contributed by atoms with Crippen molar-refractivity contribution >= 4 is 33.0 Å². The fourth-order valence-electron chi connectivity index (χ4n) is 3.21. The maximum Gasteiger partial charge on any atom is 0.256 e. The van der Waals surface area contributed by atoms with Gasteiger partial charge in [0, 0.05) is 44.8 Å². The molecule has 146 valence electrons. The number of benzene rings is 1. The van der Waals surface area contributed by atoms with Crippen molar-refractivity contribution in [2.75, 3.05) is 39.1 Å². The Bertz CT molecular complexity index is 902. The zero-order valence-electron chi connectivity index (χ0n) is 15.9. The summed E-state index contributed by atoms with van der Waals surface area (Å²) < 4.78 is 26.3. The predicted octanol–water partition coefficient (Wildman–Crippen LogP) is 2.87. The van der Waals surface area contributed by atoms with E-state index in [0.717, 1.165) is 36.5 Å². The first-order chi connectivity index (χ1) is 12.8. The highest BCUT2D eigenvalue weighted by atomic mass is 32.2. The summed E-state index contributed by atoms with van der Waals surface area (Å²) in [7, 11) is 1.14. The quantitative estimate of drug-likeness (QED) is 0.739. The Kier molecular flexibility index (Phi) is 5.88. The van der Waals surface area contributed by atoms with Crippen LogP contribution in [0.4, 0.5) is 5.69 Å². The van der Waals surface area contributed by atoms with Crippen molar-refractivity contribution in [3.63, 3.8) is 0 Å². The summed E-state index contributed by atoms with van der Waals surface area (Å²) in [5.41, 5.74) is 1.26. The Morgan fingerprint density at radius 2 is 1.85 bits per heavy atom. The van der Waals surface area contributed by atoms with E-state index in [4.69, 9.17) is 0 Å². The Labute approximate surface area is 165 Å². The number of sulfonamides is 1. The van der Waals surface area contributed by atoms with Crippen molar-refractivity contribution in [3.05, 3.63) is 46.2 Å². The minimum atomic E-state index is -3.60. The van der Waals surface area contributed by atoms with E-state index in [1.165, 1.54) is 24.5 Å². The normalized spacial score (nSPS) is 14.7. The number of hydrogen-bond donors (Lipinski definition) is 0. The highest BCUT2D eigenvalue weighted by Crippen LogP contribution is 2.29. The molecule has 0 bridgehead atoms. The van der Waals surface area contributed by atoms with Gasteiger partial charge < -0.3 is 9.80 Å². The molecule has 8 heteroatoms. The van der Waals surface area contributed by atoms with Crippen LogP contribution in [-0.4, -0.2) is 57.8 Å². The number of amides is 1. The van der Waals surface area contributed by atoms with E-state index in [-0.39, 0.29) is 10.8 Å². The Balaban J connectivity index is 1.99. The lowest BCUT2D eigenvalue weighted by Crippen LogP contribution is -2.30. The molecule has 27 heavy (non-hydrogen) atoms. The van der Waals surface area contributed by atoms with Crippen LogP contribution >= 0.6 is 11.3 Å². The molecule has 0 radical (unpaired) electrons. The number of thiophene rings is 1. The van der Waals surface area contributed by atoms with Crippen LogP contribution in [0, 0.1) is 0 Å². The average Bonchev–Trinajstić information content (AvgIpc) is 3.34. The van der Waals surface area contributed by atoms with Crippen LogP contribution in [0.25, 0.3) is 0 Å². The number of anilines is 1. The maximum absolute atomic E-state index is 13.2. The fraction of sp³-hybridized carbons (Fsp3) is 0.421. The van der Waals surface area contributed by atoms with E-state index < -0.39 is 10.0 Å². The van der Waals surface area contributed by atoms with Gasteiger partial charge in [0.25, 0.3) is 5.91 Å². The van der Waals surface area contributed by atoms with E-state index in [0.29, 0.717) is 12.1 Å². The van der Waals surface area contributed by atoms with Crippen molar-refractivity contribution < 1.29 is 13.2 Å². The minimum absolute atomic E-state index is 0.142. The zero-order valence-corrected chi connectivity index (χ0v) is 17.5. The molecule has 0 spiro atoms. The zero-order chi connectivity index (χ0) is 19.6. The first kappa shape index (κ1) is 19.9. The average molecular weight is 408 g/mol. The van der Waals surface area contributed by atoms with Gasteiger partial charge in [0.2, 0.25) is 10.0 Å². The molecule has 2 heterocycles. The molecule has 0 atom stereocenters. The summed E-state index contributed by atoms with van der Waals surface area (Å²) in [6.07, 6.45) is 2.16. The van der Waals surface area contributed by atoms with Gasteiger partial charge in [-0.2, -0.15) is 0 Å². The van der Waals surface area contributed by atoms with E-state index in [2.05, 4.69) is 4.90 Å². The molecule has 0 saturated carbocycles. The molecule has 0 aliphatic carbocycles. The standard InChI is InChI=1S/C19H25N3O3S2/c1-20(2)27(24,25)16-8-9-18(22-10-4-5-11-22)17(13-16)19(23)21(3)14-15-7-6-12-26-15/h6-9,12-13H,4-5,10-11,14H2,1-3H3. The Morgan fingerprint density at radius 1 is 1.15 bits per heavy atom. The molecule has 1 aromatic heterocycles. The minimum Gasteiger partial charge on any atom is -0.371 e. The summed E-state index contributed by atoms with van der Waals surface area (Å²) in [4.78, 5) is 18.2. The van der Waals surface area contributed by atoms with Gasteiger partial charge in [0.05, 0.1) is 17.0 Å². The first-order valence-corrected chi connectivity index (χ1v) is 11.2. The lowest BCUT2D eigenvalue weighted by atomic mass is 10.1. The van der Waals surface area contributed by atoms with Gasteiger partial charge in [0.15, 0.2) is 0 Å². The molecule has 1 amide bonds. The van der Waals surface area contributed by atoms with Gasteiger partial charge in [-0.3, -0.25) is 4.79 Å². The van der Waals surface area contributed by atoms with E-state index in [9.17, 15) is 13.2 Å². The predicted molar refractivity (Wildman–Crippen MR) is 109 cm³/mol. The third-order valence-electron chi connectivity index (χ3n) is 4.74. The molecule has 3 rings (SSSR count). The number of nitrogens with zero attached hydrogens (tertiary/aromatic N) is 3. The molecule has 2 aromatic rings. The second kappa shape index (κ2) is 8.00. The lowest BCUT2D eigenvalue weighted by Gasteiger charge is -2.25. The molecule has 1 saturated heterocycles. The number of carbonyl (C=O) groups excluding carboxylic acids is 1. The summed E-state index contributed by atoms with van der Waals surface area (Å²) in [6.45, 7) is 2.27. The van der Waals surface area contributed by atoms with Crippen LogP contribution in [0.1, 0.15) is 28.1 Å². The smallest absolute Gasteiger partial charge is 0.256 e. The van der Waals surface area contributed by atoms with E-state index in [1.807, 2.05) is 17.5 Å². The third-order valence-corrected chi connectivity index (χ3v) is 7.42. The summed E-state index contributed by atoms with van der Waals surface area (Å²) in [5, 5.41) is 1.98. The van der Waals surface area contributed by atoms with Crippen molar-refractivity contribution in [3.8, 4) is 0 Å². The topological polar surface area (TPSA) is 60.9 Å². The van der Waals surface area contributed by atoms with Gasteiger partial charge in [0.1, 0.15) is 0 Å². The van der Waals surface area contributed by atoms with Crippen molar-refractivity contribution in [2.45, 2.75) is 24.3 Å². The molecule has 1 aromatic carbocycles. The van der Waals surface area contributed by atoms with Crippen LogP contribution in [-0.2, 0) is 16.6 Å². The van der Waals surface area contributed by atoms with E-state index >= 15 is 0 Å².